The molecule has 6 N–H and O–H groups in total. The SMILES string of the molecule is CC(=O)OOC(C)=O.CC(=O)[O-].CC(Br)C(=O)c1ccc(Cl)c(F)c1.CCC(=O)c1ccc(Cl)c(F)c1.COc1nc(/C(N)=N/O)ccc1-n1cnc(C)c1.COc1nc(/C(N)=N/OC(C)C(=O)c2ccc(Cl)c(F)c2)ccc1-n1cnc(C)c1.COc1nc(C2=NC(c3ccc(Cl)c(F)c3)C(C)ON2)ccc1-n1cnc(C)c1.O=CO[O-].[B].[Br][Cu][Br].[Cs+].[Cs+].[H-].[Na+]. The number of nitrogens with two attached hydrogens (primary N) is 2. The summed E-state index contributed by atoms with van der Waals surface area (Å²) in [5.41, 5.74) is 21.6. The molecule has 4 atom stereocenters. The summed E-state index contributed by atoms with van der Waals surface area (Å²) in [6, 6.07) is 26.5. The Hall–Kier alpha value is -5.81. The van der Waals surface area contributed by atoms with Gasteiger partial charge in [0.1, 0.15) is 69.6 Å². The first-order chi connectivity index (χ1) is 57.3. The number of carbonyl (C=O) groups excluding carboxylic acids is 7. The first-order valence-corrected chi connectivity index (χ1v) is 41.1. The summed E-state index contributed by atoms with van der Waals surface area (Å²) in [5.74, 6) is -3.97. The van der Waals surface area contributed by atoms with Crippen LogP contribution in [0.15, 0.2) is 162 Å². The molecule has 1 aliphatic rings. The van der Waals surface area contributed by atoms with E-state index >= 15 is 0 Å². The van der Waals surface area contributed by atoms with Crippen molar-refractivity contribution in [3.05, 3.63) is 247 Å². The minimum absolute atomic E-state index is 0. The third-order valence-corrected chi connectivity index (χ3v) is 16.3. The number of rotatable bonds is 19. The van der Waals surface area contributed by atoms with Gasteiger partial charge in [0.2, 0.25) is 23.4 Å². The van der Waals surface area contributed by atoms with Crippen LogP contribution >= 0.6 is 90.6 Å². The normalized spacial score (nSPS) is 12.3. The molecule has 10 aromatic rings. The summed E-state index contributed by atoms with van der Waals surface area (Å²) in [7, 11) is 4.54. The molecule has 1 aliphatic heterocycles. The second-order valence-electron chi connectivity index (χ2n) is 23.6. The van der Waals surface area contributed by atoms with Gasteiger partial charge >= 0.3 is 219 Å². The van der Waals surface area contributed by atoms with Crippen LogP contribution in [0.5, 0.6) is 17.6 Å². The Morgan fingerprint density at radius 2 is 1.00 bits per heavy atom. The Kier molecular flexibility index (Phi) is 62.1. The van der Waals surface area contributed by atoms with E-state index in [1.807, 2.05) is 56.9 Å². The van der Waals surface area contributed by atoms with Crippen molar-refractivity contribution in [2.75, 3.05) is 21.3 Å². The van der Waals surface area contributed by atoms with Crippen LogP contribution in [0.3, 0.4) is 0 Å². The van der Waals surface area contributed by atoms with E-state index in [0.717, 1.165) is 67.4 Å². The average Bonchev–Trinajstić information content (AvgIpc) is 1.49. The molecular weight excluding hydrogens is 2230 g/mol. The van der Waals surface area contributed by atoms with Crippen LogP contribution in [0, 0.1) is 44.0 Å². The summed E-state index contributed by atoms with van der Waals surface area (Å²) in [6.45, 7) is 15.5. The molecule has 0 amide bonds. The number of oxime groups is 2. The van der Waals surface area contributed by atoms with E-state index in [4.69, 9.17) is 107 Å². The Balaban J connectivity index is -0.00000146. The molecule has 33 nitrogen and oxygen atoms in total. The number of nitrogens with one attached hydrogen (secondary N) is 1. The largest absolute Gasteiger partial charge is 1.00 e. The van der Waals surface area contributed by atoms with E-state index in [9.17, 15) is 41.5 Å². The van der Waals surface area contributed by atoms with Gasteiger partial charge in [-0.1, -0.05) is 85.6 Å². The Morgan fingerprint density at radius 1 is 0.640 bits per heavy atom. The number of ketones is 3. The summed E-state index contributed by atoms with van der Waals surface area (Å²) < 4.78 is 74.5. The number of hydroxylamine groups is 1. The predicted molar refractivity (Wildman–Crippen MR) is 448 cm³/mol. The average molecular weight is 2310 g/mol. The second-order valence-corrected chi connectivity index (χ2v) is 31.3. The van der Waals surface area contributed by atoms with Crippen LogP contribution < -0.4 is 209 Å². The van der Waals surface area contributed by atoms with Crippen molar-refractivity contribution in [1.29, 1.82) is 0 Å². The van der Waals surface area contributed by atoms with E-state index < -0.39 is 59.1 Å². The molecule has 49 heteroatoms. The molecule has 0 fully saturated rings. The number of benzene rings is 4. The number of carboxylic acids is 1. The van der Waals surface area contributed by atoms with E-state index in [-0.39, 0.29) is 243 Å². The number of carboxylic acid groups (broad SMARTS) is 1. The van der Waals surface area contributed by atoms with Crippen molar-refractivity contribution in [3.63, 3.8) is 0 Å². The number of halogens is 11. The number of aliphatic imine (C=N–C) groups is 1. The maximum absolute atomic E-state index is 13.9. The zero-order chi connectivity index (χ0) is 90.9. The number of Topliss-reactive ketones (excluding diaryl/α,β-unsaturated/α-hetero) is 3. The number of pyridine rings is 3. The van der Waals surface area contributed by atoms with Gasteiger partial charge in [-0.3, -0.25) is 29.0 Å². The molecule has 658 valence electrons. The molecule has 4 unspecified atom stereocenters. The summed E-state index contributed by atoms with van der Waals surface area (Å²) in [6.07, 6.45) is 9.62. The molecule has 11 rings (SSSR count). The van der Waals surface area contributed by atoms with Crippen molar-refractivity contribution in [3.8, 4) is 34.7 Å². The molecule has 0 aliphatic carbocycles. The number of methoxy groups -OCH3 is 3. The molecule has 0 saturated carbocycles. The molecule has 6 aromatic heterocycles. The Labute approximate surface area is 907 Å². The summed E-state index contributed by atoms with van der Waals surface area (Å²) in [4.78, 5) is 123. The van der Waals surface area contributed by atoms with Crippen molar-refractivity contribution in [2.24, 2.45) is 26.8 Å². The summed E-state index contributed by atoms with van der Waals surface area (Å²) >= 11 is 32.8. The van der Waals surface area contributed by atoms with E-state index in [1.54, 1.807) is 85.5 Å². The number of hydrogen-bond acceptors (Lipinski definition) is 28. The maximum Gasteiger partial charge on any atom is 1.00 e. The number of nitrogens with zero attached hydrogens (tertiary/aromatic N) is 12. The van der Waals surface area contributed by atoms with Gasteiger partial charge in [0.15, 0.2) is 35.2 Å². The minimum Gasteiger partial charge on any atom is -1.00 e. The van der Waals surface area contributed by atoms with Crippen LogP contribution in [0.25, 0.3) is 17.1 Å². The number of aliphatic carboxylic acids is 1. The van der Waals surface area contributed by atoms with Crippen LogP contribution in [-0.4, -0.2) is 155 Å². The molecule has 0 bridgehead atoms. The molecular formula is C76H77BBr3Cl4Cs2CuF4N15NaO18. The molecule has 0 spiro atoms. The minimum atomic E-state index is -1.08. The van der Waals surface area contributed by atoms with Gasteiger partial charge in [-0.15, -0.1) is 0 Å². The fourth-order valence-corrected chi connectivity index (χ4v) is 9.83. The molecule has 4 aromatic carbocycles. The van der Waals surface area contributed by atoms with Crippen LogP contribution in [0.2, 0.25) is 20.1 Å². The van der Waals surface area contributed by atoms with Gasteiger partial charge in [-0.25, -0.2) is 72.3 Å². The third-order valence-electron chi connectivity index (χ3n) is 14.6. The zero-order valence-corrected chi connectivity index (χ0v) is 92.7. The first kappa shape index (κ1) is 121. The van der Waals surface area contributed by atoms with Gasteiger partial charge in [0.05, 0.1) is 82.3 Å². The summed E-state index contributed by atoms with van der Waals surface area (Å²) in [5, 5.41) is 32.7. The Morgan fingerprint density at radius 3 is 1.34 bits per heavy atom. The van der Waals surface area contributed by atoms with Gasteiger partial charge in [-0.05, 0) is 157 Å². The Bertz CT molecular complexity index is 5280. The fourth-order valence-electron chi connectivity index (χ4n) is 9.10. The molecule has 3 radical (unpaired) electrons. The van der Waals surface area contributed by atoms with Crippen molar-refractivity contribution in [2.45, 2.75) is 98.7 Å². The van der Waals surface area contributed by atoms with E-state index in [0.29, 0.717) is 69.4 Å². The number of carbonyl (C=O) groups is 7. The molecule has 0 saturated heterocycles. The van der Waals surface area contributed by atoms with Crippen molar-refractivity contribution < 1.29 is 285 Å². The number of aromatic nitrogens is 9. The monoisotopic (exact) mass is 2300 g/mol. The van der Waals surface area contributed by atoms with Crippen LogP contribution in [-0.2, 0) is 54.9 Å². The first-order valence-electron chi connectivity index (χ1n) is 34.1. The van der Waals surface area contributed by atoms with Crippen molar-refractivity contribution in [1.82, 2.24) is 49.1 Å². The van der Waals surface area contributed by atoms with Gasteiger partial charge in [0.25, 0.3) is 6.47 Å². The number of alkyl halides is 1. The zero-order valence-electron chi connectivity index (χ0n) is 70.4. The number of hydrogen-bond donors (Lipinski definition) is 4. The number of amidine groups is 3. The quantitative estimate of drug-likeness (QED) is 0.00851. The number of aryl methyl sites for hydroxylation is 3. The molecule has 7 heterocycles. The van der Waals surface area contributed by atoms with E-state index in [1.165, 1.54) is 81.0 Å². The maximum atomic E-state index is 13.9. The number of ether oxygens (including phenoxy) is 3. The topological polar surface area (TPSA) is 453 Å². The predicted octanol–water partition coefficient (Wildman–Crippen LogP) is 3.92. The van der Waals surface area contributed by atoms with Crippen LogP contribution in [0.1, 0.15) is 133 Å². The third kappa shape index (κ3) is 42.3. The molecule has 125 heavy (non-hydrogen) atoms. The van der Waals surface area contributed by atoms with Crippen molar-refractivity contribution >= 4 is 158 Å². The van der Waals surface area contributed by atoms with Gasteiger partial charge < -0.3 is 70.9 Å². The van der Waals surface area contributed by atoms with Gasteiger partial charge in [-0.2, -0.15) is 0 Å². The van der Waals surface area contributed by atoms with Gasteiger partial charge in [0, 0.05) is 69.9 Å². The fraction of sp³-hybridized carbons (Fsp3) is 0.237. The smallest absolute Gasteiger partial charge is 1.00 e. The van der Waals surface area contributed by atoms with Crippen LogP contribution in [0.4, 0.5) is 17.6 Å². The standard InChI is InChI=1S/C20H19ClFN5O3.C20H19ClFN5O2.C11H13N5O2.C9H7BrClFO.C9H8ClFO.C4H6O4.C2H4O2.CH2O3.B.2BrH.2Cs.Cu.Na.H/c1-11-9-27(10-24-11)17-7-6-16(25-20(17)29-3)19(23)26-30-12(2)18(28)13-4-5-14(21)15(22)8-13;1-11-9-27(10-23-11)17-7-6-16(24-20(17)28-3)19-25-18(12(2)29-26-19)13-4-5-14(21)15(22)8-13;1-7-5-16(6-13-7)9-4-3-8(10(12)15-17)14-11(9)18-2;1-5(10)9(13)6-2-3-7(11)8(12)4-6;1-2-9(12)6-3-4-7(10)8(11)5-6;1-3(5)7-8-4(2)6;1-2(3)4;2-1-4-3;;;;;;;;/h4-10,12H,1-3H3,(H2,23,26);4-10,12,18H,1-3H3,(H,25,26);3-6,17H,1-2H3,(H2,12,15);2-5H,1H3;3-5H,2H2,1H3;1-2H3;1H3,(H,3,4);1,3H;;2*1H;;;;;/q;;;;;;;;;;;2*+1;+2;+1;-1/p-4. The number of imidazole rings is 3. The second kappa shape index (κ2) is 64.1. The van der Waals surface area contributed by atoms with E-state index in [2.05, 4.69) is 110 Å².